The zero-order valence-electron chi connectivity index (χ0n) is 18.5. The molecule has 6 heteroatoms. The molecule has 1 aliphatic rings. The van der Waals surface area contributed by atoms with Crippen LogP contribution in [-0.2, 0) is 4.74 Å². The minimum Gasteiger partial charge on any atom is -0.497 e. The molecule has 3 aromatic carbocycles. The molecule has 0 bridgehead atoms. The maximum Gasteiger partial charge on any atom is 0.132 e. The van der Waals surface area contributed by atoms with E-state index in [4.69, 9.17) is 9.47 Å². The first kappa shape index (κ1) is 21.4. The van der Waals surface area contributed by atoms with Gasteiger partial charge in [-0.1, -0.05) is 48.5 Å². The number of H-pyrrole nitrogens is 1. The van der Waals surface area contributed by atoms with Crippen LogP contribution in [0.25, 0.3) is 22.4 Å². The molecule has 33 heavy (non-hydrogen) atoms. The summed E-state index contributed by atoms with van der Waals surface area (Å²) in [6.45, 7) is 2.94. The zero-order valence-corrected chi connectivity index (χ0v) is 18.5. The van der Waals surface area contributed by atoms with Gasteiger partial charge in [0.15, 0.2) is 0 Å². The smallest absolute Gasteiger partial charge is 0.132 e. The second-order valence-corrected chi connectivity index (χ2v) is 8.09. The predicted molar refractivity (Wildman–Crippen MR) is 127 cm³/mol. The van der Waals surface area contributed by atoms with Crippen molar-refractivity contribution in [2.45, 2.75) is 6.04 Å². The van der Waals surface area contributed by atoms with Crippen molar-refractivity contribution in [3.63, 3.8) is 0 Å². The number of aromatic amines is 1. The van der Waals surface area contributed by atoms with E-state index in [-0.39, 0.29) is 11.9 Å². The van der Waals surface area contributed by atoms with Crippen LogP contribution < -0.4 is 4.74 Å². The van der Waals surface area contributed by atoms with Gasteiger partial charge in [0.25, 0.3) is 0 Å². The summed E-state index contributed by atoms with van der Waals surface area (Å²) in [7, 11) is 1.67. The van der Waals surface area contributed by atoms with Crippen LogP contribution in [0.1, 0.15) is 17.2 Å². The highest BCUT2D eigenvalue weighted by molar-refractivity contribution is 5.67. The highest BCUT2D eigenvalue weighted by Gasteiger charge is 2.28. The molecule has 0 amide bonds. The number of nitrogens with one attached hydrogen (secondary N) is 1. The van der Waals surface area contributed by atoms with Crippen molar-refractivity contribution in [1.82, 2.24) is 15.1 Å². The van der Waals surface area contributed by atoms with Gasteiger partial charge in [-0.2, -0.15) is 5.10 Å². The molecular weight excluding hydrogens is 417 g/mol. The van der Waals surface area contributed by atoms with Gasteiger partial charge in [0.1, 0.15) is 11.6 Å². The van der Waals surface area contributed by atoms with Crippen molar-refractivity contribution in [2.24, 2.45) is 0 Å². The van der Waals surface area contributed by atoms with Crippen molar-refractivity contribution >= 4 is 0 Å². The number of nitrogens with zero attached hydrogens (tertiary/aromatic N) is 2. The van der Waals surface area contributed by atoms with E-state index in [2.05, 4.69) is 45.4 Å². The zero-order chi connectivity index (χ0) is 22.6. The molecule has 5 rings (SSSR count). The molecule has 0 aliphatic carbocycles. The molecule has 1 aromatic heterocycles. The number of rotatable bonds is 6. The highest BCUT2D eigenvalue weighted by Crippen LogP contribution is 2.36. The number of hydrogen-bond donors (Lipinski definition) is 1. The lowest BCUT2D eigenvalue weighted by atomic mass is 9.93. The average molecular weight is 444 g/mol. The molecule has 1 unspecified atom stereocenters. The SMILES string of the molecule is COc1cccc(-c2ccc(C(c3cn[nH]c3-c3ccccc3F)N3CCOCC3)cc2)c1. The van der Waals surface area contributed by atoms with E-state index in [0.717, 1.165) is 41.1 Å². The van der Waals surface area contributed by atoms with Gasteiger partial charge in [-0.05, 0) is 41.0 Å². The number of hydrogen-bond acceptors (Lipinski definition) is 4. The van der Waals surface area contributed by atoms with E-state index in [0.29, 0.717) is 24.5 Å². The number of halogens is 1. The maximum atomic E-state index is 14.7. The first-order valence-corrected chi connectivity index (χ1v) is 11.1. The standard InChI is InChI=1S/C27H26FN3O2/c1-32-22-6-4-5-21(17-22)19-9-11-20(12-10-19)27(31-13-15-33-16-14-31)24-18-29-30-26(24)23-7-2-3-8-25(23)28/h2-12,17-18,27H,13-16H2,1H3,(H,29,30). The summed E-state index contributed by atoms with van der Waals surface area (Å²) in [5, 5.41) is 7.34. The van der Waals surface area contributed by atoms with Gasteiger partial charge in [0, 0.05) is 24.2 Å². The lowest BCUT2D eigenvalue weighted by Crippen LogP contribution is -2.39. The van der Waals surface area contributed by atoms with Crippen LogP contribution in [0, 0.1) is 5.82 Å². The van der Waals surface area contributed by atoms with Gasteiger partial charge in [0.2, 0.25) is 0 Å². The molecule has 0 saturated carbocycles. The number of benzene rings is 3. The normalized spacial score (nSPS) is 15.3. The molecule has 5 nitrogen and oxygen atoms in total. The number of morpholine rings is 1. The van der Waals surface area contributed by atoms with E-state index in [1.807, 2.05) is 30.5 Å². The fourth-order valence-corrected chi connectivity index (χ4v) is 4.47. The van der Waals surface area contributed by atoms with Crippen molar-refractivity contribution in [1.29, 1.82) is 0 Å². The molecule has 1 aliphatic heterocycles. The molecule has 1 fully saturated rings. The Labute approximate surface area is 192 Å². The van der Waals surface area contributed by atoms with Crippen molar-refractivity contribution in [3.8, 4) is 28.1 Å². The first-order valence-electron chi connectivity index (χ1n) is 11.1. The monoisotopic (exact) mass is 443 g/mol. The maximum absolute atomic E-state index is 14.7. The minimum absolute atomic E-state index is 0.0679. The molecule has 1 saturated heterocycles. The first-order chi connectivity index (χ1) is 16.2. The van der Waals surface area contributed by atoms with Crippen LogP contribution in [-0.4, -0.2) is 48.5 Å². The lowest BCUT2D eigenvalue weighted by Gasteiger charge is -2.35. The van der Waals surface area contributed by atoms with E-state index >= 15 is 0 Å². The Morgan fingerprint density at radius 3 is 2.52 bits per heavy atom. The third kappa shape index (κ3) is 4.40. The van der Waals surface area contributed by atoms with Gasteiger partial charge in [-0.15, -0.1) is 0 Å². The van der Waals surface area contributed by atoms with E-state index in [1.54, 1.807) is 19.2 Å². The van der Waals surface area contributed by atoms with Crippen molar-refractivity contribution in [2.75, 3.05) is 33.4 Å². The van der Waals surface area contributed by atoms with Gasteiger partial charge in [-0.25, -0.2) is 4.39 Å². The summed E-state index contributed by atoms with van der Waals surface area (Å²) in [4.78, 5) is 2.37. The second-order valence-electron chi connectivity index (χ2n) is 8.09. The van der Waals surface area contributed by atoms with E-state index < -0.39 is 0 Å². The second kappa shape index (κ2) is 9.57. The number of aromatic nitrogens is 2. The van der Waals surface area contributed by atoms with Gasteiger partial charge < -0.3 is 9.47 Å². The summed E-state index contributed by atoms with van der Waals surface area (Å²) in [5.41, 5.74) is 5.52. The van der Waals surface area contributed by atoms with Gasteiger partial charge in [-0.3, -0.25) is 10.00 Å². The van der Waals surface area contributed by atoms with Crippen LogP contribution in [0.3, 0.4) is 0 Å². The third-order valence-electron chi connectivity index (χ3n) is 6.15. The Balaban J connectivity index is 1.55. The third-order valence-corrected chi connectivity index (χ3v) is 6.15. The quantitative estimate of drug-likeness (QED) is 0.439. The molecule has 168 valence electrons. The van der Waals surface area contributed by atoms with Crippen LogP contribution in [0.15, 0.2) is 79.0 Å². The van der Waals surface area contributed by atoms with Crippen molar-refractivity contribution in [3.05, 3.63) is 95.9 Å². The molecule has 1 atom stereocenters. The Morgan fingerprint density at radius 1 is 0.970 bits per heavy atom. The molecule has 1 N–H and O–H groups in total. The molecule has 4 aromatic rings. The average Bonchev–Trinajstić information content (AvgIpc) is 3.35. The molecule has 2 heterocycles. The van der Waals surface area contributed by atoms with Gasteiger partial charge in [0.05, 0.1) is 38.3 Å². The van der Waals surface area contributed by atoms with E-state index in [9.17, 15) is 4.39 Å². The fraction of sp³-hybridized carbons (Fsp3) is 0.222. The summed E-state index contributed by atoms with van der Waals surface area (Å²) >= 11 is 0. The van der Waals surface area contributed by atoms with Crippen LogP contribution >= 0.6 is 0 Å². The fourth-order valence-electron chi connectivity index (χ4n) is 4.47. The number of methoxy groups -OCH3 is 1. The lowest BCUT2D eigenvalue weighted by molar-refractivity contribution is 0.0240. The highest BCUT2D eigenvalue weighted by atomic mass is 19.1. The Hall–Kier alpha value is -3.48. The summed E-state index contributed by atoms with van der Waals surface area (Å²) in [6, 6.07) is 23.3. The van der Waals surface area contributed by atoms with Crippen LogP contribution in [0.5, 0.6) is 5.75 Å². The van der Waals surface area contributed by atoms with E-state index in [1.165, 1.54) is 6.07 Å². The number of ether oxygens (including phenoxy) is 2. The van der Waals surface area contributed by atoms with Crippen molar-refractivity contribution < 1.29 is 13.9 Å². The van der Waals surface area contributed by atoms with Crippen LogP contribution in [0.2, 0.25) is 0 Å². The van der Waals surface area contributed by atoms with Gasteiger partial charge >= 0.3 is 0 Å². The largest absolute Gasteiger partial charge is 0.497 e. The summed E-state index contributed by atoms with van der Waals surface area (Å²) < 4.78 is 25.6. The van der Waals surface area contributed by atoms with Crippen LogP contribution in [0.4, 0.5) is 4.39 Å². The minimum atomic E-state index is -0.267. The molecule has 0 radical (unpaired) electrons. The Morgan fingerprint density at radius 2 is 1.76 bits per heavy atom. The summed E-state index contributed by atoms with van der Waals surface area (Å²) in [6.07, 6.45) is 1.82. The topological polar surface area (TPSA) is 50.4 Å². The summed E-state index contributed by atoms with van der Waals surface area (Å²) in [5.74, 6) is 0.563. The molecule has 0 spiro atoms. The Kier molecular flexibility index (Phi) is 6.19. The predicted octanol–water partition coefficient (Wildman–Crippen LogP) is 5.31. The molecular formula is C27H26FN3O2. The Bertz CT molecular complexity index is 1220.